The first-order valence-corrected chi connectivity index (χ1v) is 6.13. The first-order valence-electron chi connectivity index (χ1n) is 6.13. The first kappa shape index (κ1) is 10.2. The monoisotopic (exact) mass is 222 g/mol. The van der Waals surface area contributed by atoms with E-state index in [1.165, 1.54) is 19.4 Å². The number of nitrogens with zero attached hydrogens (tertiary/aromatic N) is 3. The SMILES string of the molecule is C1CNCC(Cc2nnc3n2CCOC3)C1. The van der Waals surface area contributed by atoms with Crippen molar-refractivity contribution in [1.82, 2.24) is 20.1 Å². The minimum Gasteiger partial charge on any atom is -0.372 e. The zero-order chi connectivity index (χ0) is 10.8. The molecular weight excluding hydrogens is 204 g/mol. The number of piperidine rings is 1. The van der Waals surface area contributed by atoms with E-state index in [0.717, 1.165) is 43.7 Å². The van der Waals surface area contributed by atoms with Crippen LogP contribution in [0.5, 0.6) is 0 Å². The summed E-state index contributed by atoms with van der Waals surface area (Å²) in [5, 5.41) is 11.9. The fourth-order valence-electron chi connectivity index (χ4n) is 2.56. The van der Waals surface area contributed by atoms with Crippen molar-refractivity contribution in [2.24, 2.45) is 5.92 Å². The van der Waals surface area contributed by atoms with E-state index in [2.05, 4.69) is 20.1 Å². The van der Waals surface area contributed by atoms with Crippen molar-refractivity contribution < 1.29 is 4.74 Å². The van der Waals surface area contributed by atoms with Gasteiger partial charge in [-0.2, -0.15) is 0 Å². The summed E-state index contributed by atoms with van der Waals surface area (Å²) < 4.78 is 7.60. The summed E-state index contributed by atoms with van der Waals surface area (Å²) >= 11 is 0. The summed E-state index contributed by atoms with van der Waals surface area (Å²) in [4.78, 5) is 0. The highest BCUT2D eigenvalue weighted by Crippen LogP contribution is 2.17. The lowest BCUT2D eigenvalue weighted by atomic mass is 9.96. The summed E-state index contributed by atoms with van der Waals surface area (Å²) in [6.45, 7) is 4.62. The Morgan fingerprint density at radius 1 is 1.44 bits per heavy atom. The van der Waals surface area contributed by atoms with Crippen LogP contribution < -0.4 is 5.32 Å². The maximum absolute atomic E-state index is 5.36. The quantitative estimate of drug-likeness (QED) is 0.784. The third-order valence-corrected chi connectivity index (χ3v) is 3.46. The minimum atomic E-state index is 0.621. The Kier molecular flexibility index (Phi) is 2.88. The second-order valence-corrected chi connectivity index (χ2v) is 4.65. The van der Waals surface area contributed by atoms with Gasteiger partial charge in [-0.05, 0) is 31.8 Å². The molecule has 1 fully saturated rings. The zero-order valence-corrected chi connectivity index (χ0v) is 9.48. The molecule has 2 aliphatic heterocycles. The van der Waals surface area contributed by atoms with Gasteiger partial charge in [-0.1, -0.05) is 0 Å². The van der Waals surface area contributed by atoms with E-state index in [4.69, 9.17) is 4.74 Å². The second-order valence-electron chi connectivity index (χ2n) is 4.65. The summed E-state index contributed by atoms with van der Waals surface area (Å²) in [5.74, 6) is 2.86. The van der Waals surface area contributed by atoms with E-state index in [-0.39, 0.29) is 0 Å². The van der Waals surface area contributed by atoms with Crippen molar-refractivity contribution in [2.45, 2.75) is 32.4 Å². The summed E-state index contributed by atoms with van der Waals surface area (Å²) in [7, 11) is 0. The van der Waals surface area contributed by atoms with E-state index in [9.17, 15) is 0 Å². The smallest absolute Gasteiger partial charge is 0.159 e. The maximum Gasteiger partial charge on any atom is 0.159 e. The van der Waals surface area contributed by atoms with Gasteiger partial charge in [0, 0.05) is 13.0 Å². The molecule has 2 aliphatic rings. The van der Waals surface area contributed by atoms with Gasteiger partial charge in [-0.25, -0.2) is 0 Å². The third kappa shape index (κ3) is 1.97. The molecule has 0 aliphatic carbocycles. The molecule has 0 aromatic carbocycles. The van der Waals surface area contributed by atoms with Crippen molar-refractivity contribution in [1.29, 1.82) is 0 Å². The Hall–Kier alpha value is -0.940. The molecule has 5 heteroatoms. The van der Waals surface area contributed by atoms with Crippen LogP contribution >= 0.6 is 0 Å². The number of nitrogens with one attached hydrogen (secondary N) is 1. The molecule has 1 saturated heterocycles. The molecule has 5 nitrogen and oxygen atoms in total. The number of hydrogen-bond donors (Lipinski definition) is 1. The largest absolute Gasteiger partial charge is 0.372 e. The van der Waals surface area contributed by atoms with Crippen LogP contribution in [-0.2, 0) is 24.3 Å². The van der Waals surface area contributed by atoms with E-state index in [0.29, 0.717) is 6.61 Å². The molecule has 1 aromatic heterocycles. The lowest BCUT2D eigenvalue weighted by Gasteiger charge is -2.23. The lowest BCUT2D eigenvalue weighted by Crippen LogP contribution is -2.31. The summed E-state index contributed by atoms with van der Waals surface area (Å²) in [6, 6.07) is 0. The van der Waals surface area contributed by atoms with Gasteiger partial charge in [0.2, 0.25) is 0 Å². The number of rotatable bonds is 2. The molecule has 0 radical (unpaired) electrons. The molecule has 1 unspecified atom stereocenters. The van der Waals surface area contributed by atoms with Gasteiger partial charge in [0.1, 0.15) is 12.4 Å². The molecular formula is C11H18N4O. The van der Waals surface area contributed by atoms with Crippen LogP contribution in [0.25, 0.3) is 0 Å². The molecule has 0 saturated carbocycles. The van der Waals surface area contributed by atoms with Crippen molar-refractivity contribution >= 4 is 0 Å². The first-order chi connectivity index (χ1) is 7.93. The van der Waals surface area contributed by atoms with Gasteiger partial charge in [0.05, 0.1) is 6.61 Å². The van der Waals surface area contributed by atoms with Gasteiger partial charge >= 0.3 is 0 Å². The van der Waals surface area contributed by atoms with Crippen LogP contribution in [-0.4, -0.2) is 34.5 Å². The molecule has 3 heterocycles. The molecule has 1 aromatic rings. The van der Waals surface area contributed by atoms with Crippen molar-refractivity contribution in [3.8, 4) is 0 Å². The van der Waals surface area contributed by atoms with Gasteiger partial charge in [0.15, 0.2) is 5.82 Å². The number of fused-ring (bicyclic) bond motifs is 1. The number of aromatic nitrogens is 3. The van der Waals surface area contributed by atoms with Crippen molar-refractivity contribution in [3.63, 3.8) is 0 Å². The van der Waals surface area contributed by atoms with Crippen LogP contribution in [0.15, 0.2) is 0 Å². The predicted molar refractivity (Wildman–Crippen MR) is 59.0 cm³/mol. The van der Waals surface area contributed by atoms with Gasteiger partial charge in [-0.3, -0.25) is 0 Å². The van der Waals surface area contributed by atoms with E-state index in [1.54, 1.807) is 0 Å². The highest BCUT2D eigenvalue weighted by atomic mass is 16.5. The number of hydrogen-bond acceptors (Lipinski definition) is 4. The van der Waals surface area contributed by atoms with Gasteiger partial charge in [0.25, 0.3) is 0 Å². The zero-order valence-electron chi connectivity index (χ0n) is 9.48. The van der Waals surface area contributed by atoms with Gasteiger partial charge in [-0.15, -0.1) is 10.2 Å². The highest BCUT2D eigenvalue weighted by Gasteiger charge is 2.20. The van der Waals surface area contributed by atoms with Crippen molar-refractivity contribution in [2.75, 3.05) is 19.7 Å². The molecule has 1 N–H and O–H groups in total. The normalized spacial score (nSPS) is 25.4. The molecule has 0 spiro atoms. The standard InChI is InChI=1S/C11H18N4O/c1-2-9(7-12-3-1)6-10-13-14-11-8-16-5-4-15(10)11/h9,12H,1-8H2. The minimum absolute atomic E-state index is 0.621. The third-order valence-electron chi connectivity index (χ3n) is 3.46. The number of ether oxygens (including phenoxy) is 1. The van der Waals surface area contributed by atoms with Crippen LogP contribution in [0.1, 0.15) is 24.5 Å². The van der Waals surface area contributed by atoms with Crippen molar-refractivity contribution in [3.05, 3.63) is 11.6 Å². The molecule has 0 amide bonds. The Morgan fingerprint density at radius 3 is 3.31 bits per heavy atom. The fourth-order valence-corrected chi connectivity index (χ4v) is 2.56. The average Bonchev–Trinajstić information content (AvgIpc) is 2.74. The van der Waals surface area contributed by atoms with E-state index < -0.39 is 0 Å². The van der Waals surface area contributed by atoms with Crippen LogP contribution in [0.2, 0.25) is 0 Å². The molecule has 3 rings (SSSR count). The Bertz CT molecular complexity index is 357. The fraction of sp³-hybridized carbons (Fsp3) is 0.818. The van der Waals surface area contributed by atoms with E-state index >= 15 is 0 Å². The topological polar surface area (TPSA) is 52.0 Å². The Labute approximate surface area is 95.2 Å². The highest BCUT2D eigenvalue weighted by molar-refractivity contribution is 4.98. The summed E-state index contributed by atoms with van der Waals surface area (Å²) in [5.41, 5.74) is 0. The second kappa shape index (κ2) is 4.51. The Balaban J connectivity index is 1.71. The predicted octanol–water partition coefficient (Wildman–Crippen LogP) is 0.350. The molecule has 1 atom stereocenters. The maximum atomic E-state index is 5.36. The van der Waals surface area contributed by atoms with Crippen LogP contribution in [0.3, 0.4) is 0 Å². The molecule has 16 heavy (non-hydrogen) atoms. The molecule has 88 valence electrons. The molecule has 0 bridgehead atoms. The Morgan fingerprint density at radius 2 is 2.44 bits per heavy atom. The lowest BCUT2D eigenvalue weighted by molar-refractivity contribution is 0.0803. The van der Waals surface area contributed by atoms with Crippen LogP contribution in [0.4, 0.5) is 0 Å². The van der Waals surface area contributed by atoms with Gasteiger partial charge < -0.3 is 14.6 Å². The average molecular weight is 222 g/mol. The summed E-state index contributed by atoms with van der Waals surface area (Å²) in [6.07, 6.45) is 3.65. The van der Waals surface area contributed by atoms with Crippen LogP contribution in [0, 0.1) is 5.92 Å². The van der Waals surface area contributed by atoms with E-state index in [1.807, 2.05) is 0 Å².